The van der Waals surface area contributed by atoms with Crippen molar-refractivity contribution in [1.29, 1.82) is 0 Å². The second-order valence-electron chi connectivity index (χ2n) is 5.81. The fourth-order valence-electron chi connectivity index (χ4n) is 1.96. The van der Waals surface area contributed by atoms with Gasteiger partial charge in [-0.3, -0.25) is 4.90 Å². The van der Waals surface area contributed by atoms with Crippen molar-refractivity contribution < 1.29 is 38.5 Å². The fraction of sp³-hybridized carbons (Fsp3) is 0.400. The molecule has 0 saturated carbocycles. The average Bonchev–Trinajstić information content (AvgIpc) is 2.77. The minimum atomic E-state index is -0.843. The number of hydrogen-bond donors (Lipinski definition) is 1. The largest absolute Gasteiger partial charge is 0.492 e. The number of esters is 2. The van der Waals surface area contributed by atoms with Crippen LogP contribution in [0.4, 0.5) is 9.59 Å². The number of nitrogens with zero attached hydrogens (tertiary/aromatic N) is 3. The summed E-state index contributed by atoms with van der Waals surface area (Å²) in [5.74, 6) is -1.09. The number of allylic oxidation sites excluding steroid dienone is 1. The predicted octanol–water partition coefficient (Wildman–Crippen LogP) is 0.887. The molecule has 0 spiro atoms. The molecule has 0 atom stereocenters. The number of carbonyl (C=O) groups excluding carboxylic acids is 4. The van der Waals surface area contributed by atoms with Crippen molar-refractivity contribution in [2.24, 2.45) is 0 Å². The predicted molar refractivity (Wildman–Crippen MR) is 112 cm³/mol. The molecule has 0 fully saturated rings. The van der Waals surface area contributed by atoms with Crippen LogP contribution in [0.3, 0.4) is 0 Å². The number of rotatable bonds is 14. The Labute approximate surface area is 181 Å². The summed E-state index contributed by atoms with van der Waals surface area (Å²) in [6, 6.07) is -1.57. The Morgan fingerprint density at radius 3 is 1.81 bits per heavy atom. The molecule has 11 nitrogen and oxygen atoms in total. The first kappa shape index (κ1) is 27.4. The Morgan fingerprint density at radius 2 is 1.32 bits per heavy atom. The van der Waals surface area contributed by atoms with Crippen molar-refractivity contribution in [1.82, 2.24) is 14.7 Å². The zero-order chi connectivity index (χ0) is 23.8. The molecular weight excluding hydrogens is 410 g/mol. The van der Waals surface area contributed by atoms with Gasteiger partial charge in [0.2, 0.25) is 0 Å². The van der Waals surface area contributed by atoms with Gasteiger partial charge in [0.1, 0.15) is 32.3 Å². The van der Waals surface area contributed by atoms with E-state index in [4.69, 9.17) is 14.2 Å². The highest BCUT2D eigenvalue weighted by Crippen LogP contribution is 2.06. The summed E-state index contributed by atoms with van der Waals surface area (Å²) in [6.07, 6.45) is 3.31. The molecule has 31 heavy (non-hydrogen) atoms. The summed E-state index contributed by atoms with van der Waals surface area (Å²) >= 11 is 0. The molecule has 0 aromatic heterocycles. The highest BCUT2D eigenvalue weighted by Gasteiger charge is 2.28. The van der Waals surface area contributed by atoms with E-state index < -0.39 is 30.7 Å². The maximum absolute atomic E-state index is 12.8. The van der Waals surface area contributed by atoms with Crippen molar-refractivity contribution in [3.05, 3.63) is 50.3 Å². The topological polar surface area (TPSA) is 126 Å². The molecule has 0 rings (SSSR count). The van der Waals surface area contributed by atoms with Gasteiger partial charge in [-0.2, -0.15) is 0 Å². The van der Waals surface area contributed by atoms with Gasteiger partial charge in [-0.25, -0.2) is 24.1 Å². The Bertz CT molecular complexity index is 692. The number of aliphatic hydroxyl groups excluding tert-OH is 1. The summed E-state index contributed by atoms with van der Waals surface area (Å²) in [6.45, 7) is 12.1. The van der Waals surface area contributed by atoms with Gasteiger partial charge in [0, 0.05) is 19.2 Å². The second-order valence-corrected chi connectivity index (χ2v) is 5.81. The Balaban J connectivity index is 5.20. The van der Waals surface area contributed by atoms with Crippen molar-refractivity contribution in [2.45, 2.75) is 0 Å². The summed E-state index contributed by atoms with van der Waals surface area (Å²) in [5, 5.41) is 9.54. The van der Waals surface area contributed by atoms with E-state index in [2.05, 4.69) is 26.3 Å². The van der Waals surface area contributed by atoms with E-state index in [-0.39, 0.29) is 45.2 Å². The Kier molecular flexibility index (Phi) is 13.5. The van der Waals surface area contributed by atoms with E-state index in [1.165, 1.54) is 13.1 Å². The maximum atomic E-state index is 12.8. The van der Waals surface area contributed by atoms with Gasteiger partial charge >= 0.3 is 24.0 Å². The van der Waals surface area contributed by atoms with Crippen LogP contribution in [-0.2, 0) is 23.8 Å². The molecule has 0 unspecified atom stereocenters. The van der Waals surface area contributed by atoms with Crippen molar-refractivity contribution in [3.8, 4) is 0 Å². The summed E-state index contributed by atoms with van der Waals surface area (Å²) < 4.78 is 14.9. The van der Waals surface area contributed by atoms with Crippen LogP contribution in [0.2, 0.25) is 0 Å². The first-order valence-corrected chi connectivity index (χ1v) is 9.16. The number of carbonyl (C=O) groups is 4. The highest BCUT2D eigenvalue weighted by molar-refractivity contribution is 5.93. The molecule has 0 aliphatic carbocycles. The van der Waals surface area contributed by atoms with Gasteiger partial charge in [-0.15, -0.1) is 0 Å². The van der Waals surface area contributed by atoms with Crippen LogP contribution >= 0.6 is 0 Å². The highest BCUT2D eigenvalue weighted by atomic mass is 16.5. The average molecular weight is 439 g/mol. The van der Waals surface area contributed by atoms with Crippen LogP contribution in [0, 0.1) is 0 Å². The number of urea groups is 2. The number of hydrogen-bond acceptors (Lipinski definition) is 8. The SMILES string of the molecule is C=CC(=C)OCCN(C(=O)N(C)CCOC(=O)C=C)C(=O)N(CO)CCOC(=O)C=C. The number of amides is 4. The monoisotopic (exact) mass is 439 g/mol. The van der Waals surface area contributed by atoms with Gasteiger partial charge in [0.15, 0.2) is 0 Å². The molecule has 1 N–H and O–H groups in total. The zero-order valence-corrected chi connectivity index (χ0v) is 17.7. The van der Waals surface area contributed by atoms with Crippen molar-refractivity contribution in [3.63, 3.8) is 0 Å². The van der Waals surface area contributed by atoms with Gasteiger partial charge in [-0.05, 0) is 6.08 Å². The first-order chi connectivity index (χ1) is 14.7. The maximum Gasteiger partial charge on any atom is 0.330 e. The van der Waals surface area contributed by atoms with Crippen molar-refractivity contribution in [2.75, 3.05) is 53.2 Å². The summed E-state index contributed by atoms with van der Waals surface area (Å²) in [5.41, 5.74) is 0. The minimum Gasteiger partial charge on any atom is -0.492 e. The van der Waals surface area contributed by atoms with Crippen LogP contribution < -0.4 is 0 Å². The molecule has 0 aromatic carbocycles. The lowest BCUT2D eigenvalue weighted by Gasteiger charge is -2.31. The van der Waals surface area contributed by atoms with E-state index in [0.717, 1.165) is 26.9 Å². The molecule has 0 aromatic rings. The van der Waals surface area contributed by atoms with Crippen LogP contribution in [-0.4, -0.2) is 97.0 Å². The smallest absolute Gasteiger partial charge is 0.330 e. The minimum absolute atomic E-state index is 0.00150. The molecule has 0 radical (unpaired) electrons. The standard InChI is InChI=1S/C20H29N3O8/c1-6-16(4)29-14-11-23(19(27)21(5)9-12-30-17(25)7-2)20(28)22(15-24)10-13-31-18(26)8-3/h6-8,24H,1-4,9-15H2,5H3. The van der Waals surface area contributed by atoms with E-state index in [9.17, 15) is 24.3 Å². The second kappa shape index (κ2) is 15.3. The van der Waals surface area contributed by atoms with Crippen LogP contribution in [0.15, 0.2) is 50.3 Å². The molecule has 172 valence electrons. The number of aliphatic hydroxyl groups is 1. The normalized spacial score (nSPS) is 9.61. The number of imide groups is 1. The lowest BCUT2D eigenvalue weighted by Crippen LogP contribution is -2.53. The molecule has 0 aliphatic rings. The fourth-order valence-corrected chi connectivity index (χ4v) is 1.96. The zero-order valence-electron chi connectivity index (χ0n) is 17.7. The van der Waals surface area contributed by atoms with Gasteiger partial charge < -0.3 is 24.2 Å². The van der Waals surface area contributed by atoms with Crippen LogP contribution in [0.5, 0.6) is 0 Å². The van der Waals surface area contributed by atoms with Crippen LogP contribution in [0.1, 0.15) is 0 Å². The quantitative estimate of drug-likeness (QED) is 0.139. The van der Waals surface area contributed by atoms with E-state index in [1.54, 1.807) is 0 Å². The third-order valence-electron chi connectivity index (χ3n) is 3.67. The molecular formula is C20H29N3O8. The molecule has 0 bridgehead atoms. The number of ether oxygens (including phenoxy) is 3. The van der Waals surface area contributed by atoms with E-state index in [1.807, 2.05) is 0 Å². The lowest BCUT2D eigenvalue weighted by atomic mass is 10.4. The number of likely N-dealkylation sites (N-methyl/N-ethyl adjacent to an activating group) is 1. The van der Waals surface area contributed by atoms with Gasteiger partial charge in [0.25, 0.3) is 0 Å². The van der Waals surface area contributed by atoms with Gasteiger partial charge in [-0.1, -0.05) is 26.3 Å². The molecule has 0 heterocycles. The first-order valence-electron chi connectivity index (χ1n) is 9.16. The van der Waals surface area contributed by atoms with Crippen LogP contribution in [0.25, 0.3) is 0 Å². The summed E-state index contributed by atoms with van der Waals surface area (Å²) in [4.78, 5) is 50.8. The Hall–Kier alpha value is -3.60. The third kappa shape index (κ3) is 10.7. The molecule has 0 saturated heterocycles. The lowest BCUT2D eigenvalue weighted by molar-refractivity contribution is -0.138. The van der Waals surface area contributed by atoms with Gasteiger partial charge in [0.05, 0.1) is 19.6 Å². The molecule has 0 aliphatic heterocycles. The van der Waals surface area contributed by atoms with Crippen molar-refractivity contribution >= 4 is 24.0 Å². The summed E-state index contributed by atoms with van der Waals surface area (Å²) in [7, 11) is 1.41. The molecule has 11 heteroatoms. The molecule has 4 amide bonds. The van der Waals surface area contributed by atoms with E-state index >= 15 is 0 Å². The third-order valence-corrected chi connectivity index (χ3v) is 3.67. The van der Waals surface area contributed by atoms with E-state index in [0.29, 0.717) is 0 Å². The Morgan fingerprint density at radius 1 is 0.806 bits per heavy atom.